The molecule has 0 bridgehead atoms. The van der Waals surface area contributed by atoms with Crippen LogP contribution in [0.4, 0.5) is 0 Å². The molecule has 0 fully saturated rings. The fourth-order valence-corrected chi connectivity index (χ4v) is 4.06. The molecule has 29 heavy (non-hydrogen) atoms. The maximum Gasteiger partial charge on any atom is 0.133 e. The van der Waals surface area contributed by atoms with E-state index in [0.29, 0.717) is 0 Å². The molecule has 5 nitrogen and oxygen atoms in total. The van der Waals surface area contributed by atoms with Gasteiger partial charge in [0.1, 0.15) is 5.82 Å². The predicted molar refractivity (Wildman–Crippen MR) is 116 cm³/mol. The van der Waals surface area contributed by atoms with Crippen LogP contribution in [0.15, 0.2) is 36.8 Å². The summed E-state index contributed by atoms with van der Waals surface area (Å²) in [4.78, 5) is 16.3. The molecule has 152 valence electrons. The minimum atomic E-state index is -0.00199. The van der Waals surface area contributed by atoms with Crippen LogP contribution in [0.2, 0.25) is 0 Å². The lowest BCUT2D eigenvalue weighted by molar-refractivity contribution is 0.241. The van der Waals surface area contributed by atoms with E-state index in [1.807, 2.05) is 24.7 Å². The van der Waals surface area contributed by atoms with E-state index in [1.165, 1.54) is 33.8 Å². The Morgan fingerprint density at radius 1 is 1.10 bits per heavy atom. The van der Waals surface area contributed by atoms with Crippen LogP contribution in [0.1, 0.15) is 60.4 Å². The predicted octanol–water partition coefficient (Wildman–Crippen LogP) is 4.19. The lowest BCUT2D eigenvalue weighted by atomic mass is 9.95. The highest BCUT2D eigenvalue weighted by molar-refractivity contribution is 5.29. The van der Waals surface area contributed by atoms with E-state index in [0.717, 1.165) is 38.4 Å². The van der Waals surface area contributed by atoms with Gasteiger partial charge < -0.3 is 4.57 Å². The first-order valence-electron chi connectivity index (χ1n) is 10.4. The summed E-state index contributed by atoms with van der Waals surface area (Å²) in [7, 11) is 0. The van der Waals surface area contributed by atoms with Gasteiger partial charge in [-0.15, -0.1) is 0 Å². The number of nitrogens with zero attached hydrogens (tertiary/aromatic N) is 5. The molecule has 4 heterocycles. The van der Waals surface area contributed by atoms with Crippen LogP contribution in [0, 0.1) is 13.8 Å². The van der Waals surface area contributed by atoms with Crippen molar-refractivity contribution in [2.45, 2.75) is 66.1 Å². The molecule has 0 aromatic carbocycles. The van der Waals surface area contributed by atoms with Crippen LogP contribution < -0.4 is 0 Å². The van der Waals surface area contributed by atoms with Gasteiger partial charge in [-0.25, -0.2) is 9.97 Å². The molecule has 0 radical (unpaired) electrons. The third kappa shape index (κ3) is 4.25. The quantitative estimate of drug-likeness (QED) is 0.671. The summed E-state index contributed by atoms with van der Waals surface area (Å²) in [6.45, 7) is 14.7. The van der Waals surface area contributed by atoms with Gasteiger partial charge in [-0.2, -0.15) is 0 Å². The zero-order chi connectivity index (χ0) is 20.6. The lowest BCUT2D eigenvalue weighted by Crippen LogP contribution is -2.32. The Morgan fingerprint density at radius 3 is 2.66 bits per heavy atom. The van der Waals surface area contributed by atoms with Crippen LogP contribution in [0.5, 0.6) is 0 Å². The van der Waals surface area contributed by atoms with E-state index in [4.69, 9.17) is 4.98 Å². The number of aromatic nitrogens is 4. The number of rotatable bonds is 4. The standard InChI is InChI=1S/C24H31N5/c1-17-11-20(18(2)29(17)14-19-7-6-9-25-12-19)15-28-10-8-22-21(16-28)13-26-23(27-22)24(3,4)5/h6-7,9,11-13H,8,10,14-16H2,1-5H3. The van der Waals surface area contributed by atoms with Gasteiger partial charge in [0.25, 0.3) is 0 Å². The van der Waals surface area contributed by atoms with Crippen LogP contribution in [0.25, 0.3) is 0 Å². The fraction of sp³-hybridized carbons (Fsp3) is 0.458. The van der Waals surface area contributed by atoms with Crippen molar-refractivity contribution in [1.82, 2.24) is 24.4 Å². The summed E-state index contributed by atoms with van der Waals surface area (Å²) < 4.78 is 2.39. The minimum Gasteiger partial charge on any atom is -0.344 e. The molecule has 1 aliphatic heterocycles. The van der Waals surface area contributed by atoms with Crippen molar-refractivity contribution in [3.8, 4) is 0 Å². The Labute approximate surface area is 173 Å². The molecule has 3 aromatic heterocycles. The summed E-state index contributed by atoms with van der Waals surface area (Å²) >= 11 is 0. The van der Waals surface area contributed by atoms with Gasteiger partial charge in [0.2, 0.25) is 0 Å². The highest BCUT2D eigenvalue weighted by atomic mass is 15.1. The van der Waals surface area contributed by atoms with Crippen LogP contribution in [-0.2, 0) is 31.5 Å². The first-order valence-corrected chi connectivity index (χ1v) is 10.4. The zero-order valence-electron chi connectivity index (χ0n) is 18.2. The van der Waals surface area contributed by atoms with Gasteiger partial charge in [-0.1, -0.05) is 26.8 Å². The summed E-state index contributed by atoms with van der Waals surface area (Å²) in [6, 6.07) is 6.47. The summed E-state index contributed by atoms with van der Waals surface area (Å²) in [6.07, 6.45) is 6.81. The van der Waals surface area contributed by atoms with E-state index < -0.39 is 0 Å². The Balaban J connectivity index is 1.49. The largest absolute Gasteiger partial charge is 0.344 e. The van der Waals surface area contributed by atoms with Crippen molar-refractivity contribution in [2.75, 3.05) is 6.54 Å². The topological polar surface area (TPSA) is 46.8 Å². The number of hydrogen-bond acceptors (Lipinski definition) is 4. The van der Waals surface area contributed by atoms with Crippen molar-refractivity contribution in [3.05, 3.63) is 76.4 Å². The molecule has 0 saturated heterocycles. The fourth-order valence-electron chi connectivity index (χ4n) is 4.06. The van der Waals surface area contributed by atoms with Crippen molar-refractivity contribution in [2.24, 2.45) is 0 Å². The second-order valence-corrected chi connectivity index (χ2v) is 9.22. The van der Waals surface area contributed by atoms with Gasteiger partial charge in [0.05, 0.1) is 0 Å². The Kier molecular flexibility index (Phi) is 5.26. The summed E-state index contributed by atoms with van der Waals surface area (Å²) in [5, 5.41) is 0. The third-order valence-electron chi connectivity index (χ3n) is 5.82. The van der Waals surface area contributed by atoms with E-state index in [-0.39, 0.29) is 5.41 Å². The van der Waals surface area contributed by atoms with Crippen molar-refractivity contribution in [3.63, 3.8) is 0 Å². The smallest absolute Gasteiger partial charge is 0.133 e. The molecular weight excluding hydrogens is 358 g/mol. The van der Waals surface area contributed by atoms with Crippen molar-refractivity contribution < 1.29 is 0 Å². The normalized spacial score (nSPS) is 14.8. The third-order valence-corrected chi connectivity index (χ3v) is 5.82. The number of hydrogen-bond donors (Lipinski definition) is 0. The summed E-state index contributed by atoms with van der Waals surface area (Å²) in [5.74, 6) is 0.948. The number of fused-ring (bicyclic) bond motifs is 1. The number of aryl methyl sites for hydroxylation is 1. The molecule has 0 saturated carbocycles. The van der Waals surface area contributed by atoms with Crippen LogP contribution in [0.3, 0.4) is 0 Å². The first-order chi connectivity index (χ1) is 13.8. The Bertz CT molecular complexity index is 998. The maximum atomic E-state index is 4.86. The minimum absolute atomic E-state index is 0.00199. The molecule has 4 rings (SSSR count). The molecule has 0 aliphatic carbocycles. The maximum absolute atomic E-state index is 4.86. The Hall–Kier alpha value is -2.53. The second kappa shape index (κ2) is 7.71. The van der Waals surface area contributed by atoms with E-state index in [9.17, 15) is 0 Å². The van der Waals surface area contributed by atoms with E-state index >= 15 is 0 Å². The van der Waals surface area contributed by atoms with Gasteiger partial charge in [0.15, 0.2) is 0 Å². The molecule has 0 N–H and O–H groups in total. The molecule has 0 atom stereocenters. The average molecular weight is 390 g/mol. The number of pyridine rings is 1. The summed E-state index contributed by atoms with van der Waals surface area (Å²) in [5.41, 5.74) is 7.78. The van der Waals surface area contributed by atoms with Gasteiger partial charge in [0, 0.05) is 79.3 Å². The molecule has 5 heteroatoms. The Morgan fingerprint density at radius 2 is 1.93 bits per heavy atom. The monoisotopic (exact) mass is 389 g/mol. The van der Waals surface area contributed by atoms with Gasteiger partial charge in [-0.3, -0.25) is 9.88 Å². The highest BCUT2D eigenvalue weighted by Crippen LogP contribution is 2.25. The molecule has 3 aromatic rings. The van der Waals surface area contributed by atoms with E-state index in [1.54, 1.807) is 0 Å². The van der Waals surface area contributed by atoms with Crippen LogP contribution >= 0.6 is 0 Å². The zero-order valence-corrected chi connectivity index (χ0v) is 18.2. The SMILES string of the molecule is Cc1cc(CN2CCc3nc(C(C)(C)C)ncc3C2)c(C)n1Cc1cccnc1. The lowest BCUT2D eigenvalue weighted by Gasteiger charge is -2.29. The molecule has 1 aliphatic rings. The molecular formula is C24H31N5. The molecule has 0 spiro atoms. The molecule has 0 amide bonds. The van der Waals surface area contributed by atoms with Crippen molar-refractivity contribution >= 4 is 0 Å². The van der Waals surface area contributed by atoms with Gasteiger partial charge in [-0.05, 0) is 37.1 Å². The molecule has 0 unspecified atom stereocenters. The first kappa shape index (κ1) is 19.8. The van der Waals surface area contributed by atoms with Crippen molar-refractivity contribution in [1.29, 1.82) is 0 Å². The van der Waals surface area contributed by atoms with Gasteiger partial charge >= 0.3 is 0 Å². The highest BCUT2D eigenvalue weighted by Gasteiger charge is 2.23. The van der Waals surface area contributed by atoms with Crippen LogP contribution in [-0.4, -0.2) is 31.0 Å². The second-order valence-electron chi connectivity index (χ2n) is 9.22. The van der Waals surface area contributed by atoms with E-state index in [2.05, 4.69) is 66.2 Å². The average Bonchev–Trinajstić information content (AvgIpc) is 2.95.